The number of carbonyl (C=O) groups excluding carboxylic acids is 2. The Kier molecular flexibility index (Phi) is 4.98. The van der Waals surface area contributed by atoms with E-state index in [-0.39, 0.29) is 28.7 Å². The number of nitrogens with zero attached hydrogens (tertiary/aromatic N) is 4. The standard InChI is InChI=1S/C21H24N4O3/c26-17-5-2-10-23-19(17)20(28)24-11-3-7-21(14-24)8-6-18(27)25(15-21)13-16-4-1-9-22-12-16/h1-2,4-5,9-10,12,26H,3,6-8,11,13-15H2. The number of hydrogen-bond donors (Lipinski definition) is 1. The first kappa shape index (κ1) is 18.4. The third-order valence-corrected chi connectivity index (χ3v) is 5.78. The Morgan fingerprint density at radius 3 is 2.82 bits per heavy atom. The maximum atomic E-state index is 12.9. The van der Waals surface area contributed by atoms with Gasteiger partial charge in [0, 0.05) is 56.6 Å². The highest BCUT2D eigenvalue weighted by molar-refractivity contribution is 5.94. The van der Waals surface area contributed by atoms with Crippen molar-refractivity contribution in [2.24, 2.45) is 5.41 Å². The summed E-state index contributed by atoms with van der Waals surface area (Å²) >= 11 is 0. The first-order valence-electron chi connectivity index (χ1n) is 9.66. The lowest BCUT2D eigenvalue weighted by atomic mass is 9.73. The largest absolute Gasteiger partial charge is 0.505 e. The summed E-state index contributed by atoms with van der Waals surface area (Å²) in [5.41, 5.74) is 1.00. The smallest absolute Gasteiger partial charge is 0.276 e. The van der Waals surface area contributed by atoms with E-state index in [0.29, 0.717) is 32.6 Å². The van der Waals surface area contributed by atoms with Crippen LogP contribution in [0, 0.1) is 5.41 Å². The number of aromatic nitrogens is 2. The molecule has 0 saturated carbocycles. The molecule has 7 heteroatoms. The molecule has 146 valence electrons. The van der Waals surface area contributed by atoms with Gasteiger partial charge in [-0.3, -0.25) is 14.6 Å². The number of rotatable bonds is 3. The maximum Gasteiger partial charge on any atom is 0.276 e. The van der Waals surface area contributed by atoms with Crippen molar-refractivity contribution in [1.82, 2.24) is 19.8 Å². The van der Waals surface area contributed by atoms with Gasteiger partial charge in [-0.1, -0.05) is 6.07 Å². The number of aromatic hydroxyl groups is 1. The fourth-order valence-corrected chi connectivity index (χ4v) is 4.38. The third kappa shape index (κ3) is 3.69. The van der Waals surface area contributed by atoms with Crippen LogP contribution in [0.25, 0.3) is 0 Å². The number of hydrogen-bond acceptors (Lipinski definition) is 5. The van der Waals surface area contributed by atoms with Crippen molar-refractivity contribution in [3.8, 4) is 5.75 Å². The zero-order valence-electron chi connectivity index (χ0n) is 15.8. The average molecular weight is 380 g/mol. The molecule has 4 rings (SSSR count). The molecular formula is C21H24N4O3. The Morgan fingerprint density at radius 1 is 1.18 bits per heavy atom. The van der Waals surface area contributed by atoms with Crippen LogP contribution in [0.15, 0.2) is 42.9 Å². The van der Waals surface area contributed by atoms with Gasteiger partial charge in [-0.05, 0) is 43.0 Å². The molecule has 0 aliphatic carbocycles. The van der Waals surface area contributed by atoms with Crippen molar-refractivity contribution >= 4 is 11.8 Å². The molecule has 4 heterocycles. The Bertz CT molecular complexity index is 873. The summed E-state index contributed by atoms with van der Waals surface area (Å²) in [5.74, 6) is -0.183. The minimum atomic E-state index is -0.243. The van der Waals surface area contributed by atoms with Crippen molar-refractivity contribution in [1.29, 1.82) is 0 Å². The zero-order valence-corrected chi connectivity index (χ0v) is 15.8. The fourth-order valence-electron chi connectivity index (χ4n) is 4.38. The lowest BCUT2D eigenvalue weighted by molar-refractivity contribution is -0.139. The molecule has 28 heavy (non-hydrogen) atoms. The molecule has 1 unspecified atom stereocenters. The molecule has 7 nitrogen and oxygen atoms in total. The second-order valence-corrected chi connectivity index (χ2v) is 7.81. The molecule has 0 bridgehead atoms. The van der Waals surface area contributed by atoms with Gasteiger partial charge in [-0.25, -0.2) is 4.98 Å². The van der Waals surface area contributed by atoms with Gasteiger partial charge in [0.25, 0.3) is 5.91 Å². The second-order valence-electron chi connectivity index (χ2n) is 7.81. The van der Waals surface area contributed by atoms with Crippen LogP contribution in [0.4, 0.5) is 0 Å². The monoisotopic (exact) mass is 380 g/mol. The number of likely N-dealkylation sites (tertiary alicyclic amines) is 2. The van der Waals surface area contributed by atoms with Crippen molar-refractivity contribution in [3.63, 3.8) is 0 Å². The third-order valence-electron chi connectivity index (χ3n) is 5.78. The van der Waals surface area contributed by atoms with E-state index in [2.05, 4.69) is 9.97 Å². The van der Waals surface area contributed by atoms with Gasteiger partial charge in [0.1, 0.15) is 5.75 Å². The van der Waals surface area contributed by atoms with Crippen LogP contribution in [0.2, 0.25) is 0 Å². The van der Waals surface area contributed by atoms with Crippen LogP contribution < -0.4 is 0 Å². The number of pyridine rings is 2. The molecule has 2 aliphatic rings. The summed E-state index contributed by atoms with van der Waals surface area (Å²) in [6, 6.07) is 6.93. The van der Waals surface area contributed by atoms with Gasteiger partial charge in [0.05, 0.1) is 0 Å². The van der Waals surface area contributed by atoms with E-state index in [1.807, 2.05) is 17.0 Å². The van der Waals surface area contributed by atoms with Gasteiger partial charge in [-0.2, -0.15) is 0 Å². The summed E-state index contributed by atoms with van der Waals surface area (Å²) in [6.45, 7) is 2.41. The fraction of sp³-hybridized carbons (Fsp3) is 0.429. The topological polar surface area (TPSA) is 86.6 Å². The molecule has 0 radical (unpaired) electrons. The van der Waals surface area contributed by atoms with E-state index in [1.54, 1.807) is 23.4 Å². The highest BCUT2D eigenvalue weighted by Gasteiger charge is 2.43. The SMILES string of the molecule is O=C1CCC2(CCCN(C(=O)c3ncccc3O)C2)CN1Cc1cccnc1. The highest BCUT2D eigenvalue weighted by atomic mass is 16.3. The van der Waals surface area contributed by atoms with Crippen LogP contribution in [0.3, 0.4) is 0 Å². The lowest BCUT2D eigenvalue weighted by Gasteiger charge is -2.48. The van der Waals surface area contributed by atoms with E-state index in [0.717, 1.165) is 24.8 Å². The molecular weight excluding hydrogens is 356 g/mol. The van der Waals surface area contributed by atoms with E-state index < -0.39 is 0 Å². The summed E-state index contributed by atoms with van der Waals surface area (Å²) in [4.78, 5) is 37.3. The molecule has 1 spiro atoms. The molecule has 2 aromatic heterocycles. The molecule has 2 aromatic rings. The Hall–Kier alpha value is -2.96. The van der Waals surface area contributed by atoms with E-state index in [1.165, 1.54) is 12.3 Å². The minimum Gasteiger partial charge on any atom is -0.505 e. The van der Waals surface area contributed by atoms with Crippen LogP contribution in [0.5, 0.6) is 5.75 Å². The first-order chi connectivity index (χ1) is 13.6. The van der Waals surface area contributed by atoms with E-state index in [9.17, 15) is 14.7 Å². The van der Waals surface area contributed by atoms with Crippen LogP contribution in [-0.2, 0) is 11.3 Å². The minimum absolute atomic E-state index is 0.0934. The molecule has 2 fully saturated rings. The molecule has 2 saturated heterocycles. The first-order valence-corrected chi connectivity index (χ1v) is 9.66. The normalized spacial score (nSPS) is 22.5. The summed E-state index contributed by atoms with van der Waals surface area (Å²) < 4.78 is 0. The molecule has 0 aromatic carbocycles. The predicted octanol–water partition coefficient (Wildman–Crippen LogP) is 2.23. The summed E-state index contributed by atoms with van der Waals surface area (Å²) in [5, 5.41) is 9.99. The quantitative estimate of drug-likeness (QED) is 0.882. The number of carbonyl (C=O) groups is 2. The van der Waals surface area contributed by atoms with E-state index in [4.69, 9.17) is 0 Å². The van der Waals surface area contributed by atoms with Gasteiger partial charge in [-0.15, -0.1) is 0 Å². The highest BCUT2D eigenvalue weighted by Crippen LogP contribution is 2.39. The van der Waals surface area contributed by atoms with Crippen molar-refractivity contribution in [2.75, 3.05) is 19.6 Å². The van der Waals surface area contributed by atoms with Crippen molar-refractivity contribution in [3.05, 3.63) is 54.1 Å². The Morgan fingerprint density at radius 2 is 2.04 bits per heavy atom. The number of piperidine rings is 2. The average Bonchev–Trinajstić information content (AvgIpc) is 2.72. The summed E-state index contributed by atoms with van der Waals surface area (Å²) in [6.07, 6.45) is 8.18. The molecule has 2 aliphatic heterocycles. The maximum absolute atomic E-state index is 12.9. The van der Waals surface area contributed by atoms with Gasteiger partial charge >= 0.3 is 0 Å². The zero-order chi connectivity index (χ0) is 19.6. The van der Waals surface area contributed by atoms with E-state index >= 15 is 0 Å². The molecule has 2 amide bonds. The Balaban J connectivity index is 1.50. The Labute approximate surface area is 164 Å². The van der Waals surface area contributed by atoms with Crippen LogP contribution >= 0.6 is 0 Å². The van der Waals surface area contributed by atoms with Crippen LogP contribution in [-0.4, -0.2) is 56.3 Å². The summed E-state index contributed by atoms with van der Waals surface area (Å²) in [7, 11) is 0. The lowest BCUT2D eigenvalue weighted by Crippen LogP contribution is -2.54. The van der Waals surface area contributed by atoms with Crippen LogP contribution in [0.1, 0.15) is 41.7 Å². The van der Waals surface area contributed by atoms with Gasteiger partial charge < -0.3 is 14.9 Å². The van der Waals surface area contributed by atoms with Crippen molar-refractivity contribution < 1.29 is 14.7 Å². The predicted molar refractivity (Wildman–Crippen MR) is 102 cm³/mol. The van der Waals surface area contributed by atoms with Crippen molar-refractivity contribution in [2.45, 2.75) is 32.2 Å². The van der Waals surface area contributed by atoms with Gasteiger partial charge in [0.2, 0.25) is 5.91 Å². The number of amides is 2. The van der Waals surface area contributed by atoms with Gasteiger partial charge in [0.15, 0.2) is 5.69 Å². The molecule has 1 N–H and O–H groups in total. The second kappa shape index (κ2) is 7.58. The molecule has 1 atom stereocenters.